The minimum atomic E-state index is -1.99. The summed E-state index contributed by atoms with van der Waals surface area (Å²) >= 11 is 5.85. The van der Waals surface area contributed by atoms with Gasteiger partial charge in [-0.1, -0.05) is 17.7 Å². The first-order chi connectivity index (χ1) is 8.31. The number of carbonyl (C=O) groups is 2. The van der Waals surface area contributed by atoms with Crippen molar-refractivity contribution in [2.75, 3.05) is 11.4 Å². The van der Waals surface area contributed by atoms with Crippen LogP contribution in [0.15, 0.2) is 18.2 Å². The molecule has 5 nitrogen and oxygen atoms in total. The van der Waals surface area contributed by atoms with E-state index in [1.807, 2.05) is 0 Å². The minimum absolute atomic E-state index is 0.197. The number of rotatable bonds is 3. The van der Waals surface area contributed by atoms with Gasteiger partial charge in [0.25, 0.3) is 0 Å². The minimum Gasteiger partial charge on any atom is -0.479 e. The van der Waals surface area contributed by atoms with Gasteiger partial charge in [-0.3, -0.25) is 4.79 Å². The third-order valence-electron chi connectivity index (χ3n) is 2.91. The first-order valence-electron chi connectivity index (χ1n) is 5.36. The summed E-state index contributed by atoms with van der Waals surface area (Å²) in [7, 11) is 0. The lowest BCUT2D eigenvalue weighted by Gasteiger charge is -2.25. The third-order valence-corrected chi connectivity index (χ3v) is 3.14. The number of hydrogen-bond acceptors (Lipinski definition) is 3. The Bertz CT molecular complexity index is 527. The highest BCUT2D eigenvalue weighted by molar-refractivity contribution is 6.31. The standard InChI is InChI=1S/C12H12ClNO4/c1-12(18,11(16)17)6-14-9-5-8(13)3-2-7(9)4-10(14)15/h2-3,5,18H,4,6H2,1H3,(H,16,17)/t12-/m0/s1. The van der Waals surface area contributed by atoms with Crippen molar-refractivity contribution in [3.8, 4) is 0 Å². The normalized spacial score (nSPS) is 17.5. The number of carboxylic acid groups (broad SMARTS) is 1. The van der Waals surface area contributed by atoms with Gasteiger partial charge in [0.2, 0.25) is 5.91 Å². The average Bonchev–Trinajstić information content (AvgIpc) is 2.55. The molecule has 0 aromatic heterocycles. The second-order valence-electron chi connectivity index (χ2n) is 4.51. The molecule has 0 aliphatic carbocycles. The summed E-state index contributed by atoms with van der Waals surface area (Å²) in [5.41, 5.74) is -0.640. The molecule has 0 spiro atoms. The van der Waals surface area contributed by atoms with E-state index in [2.05, 4.69) is 0 Å². The molecule has 0 bridgehead atoms. The third kappa shape index (κ3) is 2.19. The van der Waals surface area contributed by atoms with E-state index in [4.69, 9.17) is 16.7 Å². The predicted octanol–water partition coefficient (Wildman–Crippen LogP) is 1.06. The molecule has 1 heterocycles. The lowest BCUT2D eigenvalue weighted by Crippen LogP contribution is -2.47. The van der Waals surface area contributed by atoms with E-state index in [1.165, 1.54) is 4.90 Å². The zero-order valence-corrected chi connectivity index (χ0v) is 10.4. The fourth-order valence-corrected chi connectivity index (χ4v) is 2.05. The molecule has 0 saturated carbocycles. The Labute approximate surface area is 109 Å². The van der Waals surface area contributed by atoms with Crippen molar-refractivity contribution < 1.29 is 19.8 Å². The van der Waals surface area contributed by atoms with Crippen molar-refractivity contribution in [3.05, 3.63) is 28.8 Å². The van der Waals surface area contributed by atoms with Gasteiger partial charge in [0.15, 0.2) is 5.60 Å². The molecule has 2 rings (SSSR count). The molecule has 1 amide bonds. The number of aliphatic carboxylic acids is 1. The number of halogens is 1. The zero-order valence-electron chi connectivity index (χ0n) is 9.68. The van der Waals surface area contributed by atoms with Crippen LogP contribution in [0.2, 0.25) is 5.02 Å². The Morgan fingerprint density at radius 2 is 2.22 bits per heavy atom. The number of amides is 1. The Hall–Kier alpha value is -1.59. The fraction of sp³-hybridized carbons (Fsp3) is 0.333. The number of carboxylic acids is 1. The summed E-state index contributed by atoms with van der Waals surface area (Å²) in [6.45, 7) is 0.861. The molecule has 2 N–H and O–H groups in total. The molecule has 1 aromatic carbocycles. The maximum absolute atomic E-state index is 11.8. The summed E-state index contributed by atoms with van der Waals surface area (Å²) in [4.78, 5) is 24.0. The van der Waals surface area contributed by atoms with Gasteiger partial charge >= 0.3 is 5.97 Å². The van der Waals surface area contributed by atoms with Gasteiger partial charge in [-0.05, 0) is 24.6 Å². The second-order valence-corrected chi connectivity index (χ2v) is 4.95. The number of hydrogen-bond donors (Lipinski definition) is 2. The molecular weight excluding hydrogens is 258 g/mol. The fourth-order valence-electron chi connectivity index (χ4n) is 1.88. The number of anilines is 1. The molecule has 0 fully saturated rings. The zero-order chi connectivity index (χ0) is 13.5. The van der Waals surface area contributed by atoms with Gasteiger partial charge < -0.3 is 15.1 Å². The molecule has 1 aliphatic heterocycles. The molecular formula is C12H12ClNO4. The second kappa shape index (κ2) is 4.26. The predicted molar refractivity (Wildman–Crippen MR) is 65.8 cm³/mol. The molecule has 0 saturated heterocycles. The van der Waals surface area contributed by atoms with Gasteiger partial charge in [0, 0.05) is 10.7 Å². The van der Waals surface area contributed by atoms with E-state index in [-0.39, 0.29) is 18.9 Å². The molecule has 6 heteroatoms. The van der Waals surface area contributed by atoms with Crippen LogP contribution in [-0.2, 0) is 16.0 Å². The topological polar surface area (TPSA) is 77.8 Å². The largest absolute Gasteiger partial charge is 0.479 e. The van der Waals surface area contributed by atoms with E-state index in [0.717, 1.165) is 12.5 Å². The molecule has 18 heavy (non-hydrogen) atoms. The summed E-state index contributed by atoms with van der Waals surface area (Å²) in [6.07, 6.45) is 0.197. The van der Waals surface area contributed by atoms with Gasteiger partial charge in [-0.15, -0.1) is 0 Å². The van der Waals surface area contributed by atoms with Crippen LogP contribution in [0.3, 0.4) is 0 Å². The highest BCUT2D eigenvalue weighted by Crippen LogP contribution is 2.32. The van der Waals surface area contributed by atoms with Gasteiger partial charge in [-0.25, -0.2) is 4.79 Å². The maximum atomic E-state index is 11.8. The van der Waals surface area contributed by atoms with E-state index < -0.39 is 11.6 Å². The van der Waals surface area contributed by atoms with E-state index in [0.29, 0.717) is 10.7 Å². The lowest BCUT2D eigenvalue weighted by molar-refractivity contribution is -0.155. The van der Waals surface area contributed by atoms with E-state index >= 15 is 0 Å². The molecule has 0 unspecified atom stereocenters. The monoisotopic (exact) mass is 269 g/mol. The Balaban J connectivity index is 2.33. The Morgan fingerprint density at radius 1 is 1.56 bits per heavy atom. The van der Waals surface area contributed by atoms with Crippen LogP contribution in [0.25, 0.3) is 0 Å². The van der Waals surface area contributed by atoms with Crippen LogP contribution in [0.5, 0.6) is 0 Å². The highest BCUT2D eigenvalue weighted by atomic mass is 35.5. The van der Waals surface area contributed by atoms with Gasteiger partial charge in [0.1, 0.15) is 0 Å². The van der Waals surface area contributed by atoms with E-state index in [1.54, 1.807) is 18.2 Å². The number of carbonyl (C=O) groups excluding carboxylic acids is 1. The molecule has 0 radical (unpaired) electrons. The van der Waals surface area contributed by atoms with Crippen LogP contribution in [0, 0.1) is 0 Å². The van der Waals surface area contributed by atoms with Crippen LogP contribution in [0.1, 0.15) is 12.5 Å². The van der Waals surface area contributed by atoms with Crippen LogP contribution in [0.4, 0.5) is 5.69 Å². The van der Waals surface area contributed by atoms with E-state index in [9.17, 15) is 14.7 Å². The number of aliphatic hydroxyl groups is 1. The highest BCUT2D eigenvalue weighted by Gasteiger charge is 2.38. The molecule has 1 aromatic rings. The van der Waals surface area contributed by atoms with Crippen molar-refractivity contribution in [2.45, 2.75) is 18.9 Å². The number of nitrogens with zero attached hydrogens (tertiary/aromatic N) is 1. The summed E-state index contributed by atoms with van der Waals surface area (Å²) in [6, 6.07) is 5.00. The number of benzene rings is 1. The Morgan fingerprint density at radius 3 is 2.83 bits per heavy atom. The van der Waals surface area contributed by atoms with Crippen molar-refractivity contribution in [1.82, 2.24) is 0 Å². The van der Waals surface area contributed by atoms with Crippen LogP contribution >= 0.6 is 11.6 Å². The van der Waals surface area contributed by atoms with Crippen LogP contribution in [-0.4, -0.2) is 34.2 Å². The summed E-state index contributed by atoms with van der Waals surface area (Å²) in [5.74, 6) is -1.61. The quantitative estimate of drug-likeness (QED) is 0.860. The first kappa shape index (κ1) is 12.9. The van der Waals surface area contributed by atoms with Crippen molar-refractivity contribution in [3.63, 3.8) is 0 Å². The first-order valence-corrected chi connectivity index (χ1v) is 5.73. The average molecular weight is 270 g/mol. The van der Waals surface area contributed by atoms with Crippen molar-refractivity contribution in [1.29, 1.82) is 0 Å². The summed E-state index contributed by atoms with van der Waals surface area (Å²) in [5, 5.41) is 19.1. The number of fused-ring (bicyclic) bond motifs is 1. The maximum Gasteiger partial charge on any atom is 0.337 e. The van der Waals surface area contributed by atoms with Gasteiger partial charge in [-0.2, -0.15) is 0 Å². The lowest BCUT2D eigenvalue weighted by atomic mass is 10.1. The molecule has 1 aliphatic rings. The van der Waals surface area contributed by atoms with Crippen molar-refractivity contribution in [2.24, 2.45) is 0 Å². The molecule has 96 valence electrons. The Kier molecular flexibility index (Phi) is 3.04. The van der Waals surface area contributed by atoms with Crippen molar-refractivity contribution >= 4 is 29.2 Å². The smallest absolute Gasteiger partial charge is 0.337 e. The number of β-amino-alcohol motifs (C(OH)–C–C–N with tert-alkyl or cyclic N) is 1. The molecule has 1 atom stereocenters. The summed E-state index contributed by atoms with van der Waals surface area (Å²) < 4.78 is 0. The van der Waals surface area contributed by atoms with Gasteiger partial charge in [0.05, 0.1) is 13.0 Å². The SMILES string of the molecule is C[C@](O)(CN1C(=O)Cc2ccc(Cl)cc21)C(=O)O. The van der Waals surface area contributed by atoms with Crippen LogP contribution < -0.4 is 4.90 Å².